The zero-order valence-electron chi connectivity index (χ0n) is 16.7. The minimum Gasteiger partial charge on any atom is -0.478 e. The lowest BCUT2D eigenvalue weighted by Crippen LogP contribution is -2.23. The van der Waals surface area contributed by atoms with Gasteiger partial charge in [0.1, 0.15) is 0 Å². The van der Waals surface area contributed by atoms with Crippen LogP contribution in [0.1, 0.15) is 16.1 Å². The van der Waals surface area contributed by atoms with E-state index in [1.807, 2.05) is 0 Å². The highest BCUT2D eigenvalue weighted by atomic mass is 32.2. The summed E-state index contributed by atoms with van der Waals surface area (Å²) in [6.45, 7) is 0. The second kappa shape index (κ2) is 8.52. The van der Waals surface area contributed by atoms with Gasteiger partial charge in [-0.15, -0.1) is 0 Å². The van der Waals surface area contributed by atoms with E-state index in [9.17, 15) is 19.7 Å². The van der Waals surface area contributed by atoms with E-state index in [4.69, 9.17) is 5.11 Å². The summed E-state index contributed by atoms with van der Waals surface area (Å²) in [5.74, 6) is -1.26. The molecule has 0 unspecified atom stereocenters. The van der Waals surface area contributed by atoms with E-state index >= 15 is 0 Å². The zero-order chi connectivity index (χ0) is 22.8. The van der Waals surface area contributed by atoms with Crippen LogP contribution in [0, 0.1) is 10.1 Å². The molecule has 2 heterocycles. The maximum absolute atomic E-state index is 12.7. The summed E-state index contributed by atoms with van der Waals surface area (Å²) < 4.78 is 1.76. The molecule has 0 bridgehead atoms. The Balaban J connectivity index is 1.63. The number of hydrogen-bond donors (Lipinski definition) is 1. The van der Waals surface area contributed by atoms with E-state index in [1.54, 1.807) is 60.3 Å². The number of amidine groups is 1. The summed E-state index contributed by atoms with van der Waals surface area (Å²) >= 11 is 1.19. The number of aromatic nitrogens is 1. The molecule has 2 aromatic carbocycles. The average molecular weight is 448 g/mol. The second-order valence-corrected chi connectivity index (χ2v) is 7.81. The summed E-state index contributed by atoms with van der Waals surface area (Å²) in [7, 11) is 1.61. The van der Waals surface area contributed by atoms with Gasteiger partial charge in [0, 0.05) is 31.1 Å². The van der Waals surface area contributed by atoms with Crippen molar-refractivity contribution in [1.29, 1.82) is 0 Å². The van der Waals surface area contributed by atoms with Crippen molar-refractivity contribution < 1.29 is 19.6 Å². The Hall–Kier alpha value is -4.18. The fraction of sp³-hybridized carbons (Fsp3) is 0.0455. The van der Waals surface area contributed by atoms with Crippen LogP contribution in [0.15, 0.2) is 76.8 Å². The van der Waals surface area contributed by atoms with Crippen LogP contribution in [0.3, 0.4) is 0 Å². The number of likely N-dealkylation sites (N-methyl/N-ethyl adjacent to an activating group) is 1. The van der Waals surface area contributed by atoms with Gasteiger partial charge in [0.25, 0.3) is 11.6 Å². The first-order valence-corrected chi connectivity index (χ1v) is 10.2. The predicted molar refractivity (Wildman–Crippen MR) is 121 cm³/mol. The summed E-state index contributed by atoms with van der Waals surface area (Å²) in [5, 5.41) is 20.6. The average Bonchev–Trinajstić information content (AvgIpc) is 3.35. The number of nitrogens with zero attached hydrogens (tertiary/aromatic N) is 4. The monoisotopic (exact) mass is 448 g/mol. The van der Waals surface area contributed by atoms with E-state index in [1.165, 1.54) is 40.9 Å². The van der Waals surface area contributed by atoms with Crippen molar-refractivity contribution in [2.45, 2.75) is 0 Å². The van der Waals surface area contributed by atoms with Crippen molar-refractivity contribution in [3.8, 4) is 5.69 Å². The first kappa shape index (κ1) is 21.1. The number of benzene rings is 2. The van der Waals surface area contributed by atoms with Gasteiger partial charge in [-0.1, -0.05) is 6.07 Å². The fourth-order valence-electron chi connectivity index (χ4n) is 3.08. The number of carbonyl (C=O) groups is 2. The Labute approximate surface area is 186 Å². The van der Waals surface area contributed by atoms with E-state index in [0.29, 0.717) is 27.1 Å². The number of rotatable bonds is 5. The molecule has 0 aliphatic carbocycles. The molecule has 9 nitrogen and oxygen atoms in total. The van der Waals surface area contributed by atoms with Gasteiger partial charge in [-0.3, -0.25) is 19.8 Å². The van der Waals surface area contributed by atoms with Crippen LogP contribution in [0.5, 0.6) is 0 Å². The molecule has 1 saturated heterocycles. The number of carbonyl (C=O) groups excluding carboxylic acids is 1. The van der Waals surface area contributed by atoms with Crippen molar-refractivity contribution in [3.05, 3.63) is 93.1 Å². The molecule has 0 spiro atoms. The number of nitro benzene ring substituents is 1. The molecule has 0 saturated carbocycles. The highest BCUT2D eigenvalue weighted by Crippen LogP contribution is 2.33. The maximum Gasteiger partial charge on any atom is 0.335 e. The number of aromatic carboxylic acids is 1. The molecule has 32 heavy (non-hydrogen) atoms. The number of aliphatic imine (C=N–C) groups is 1. The summed E-state index contributed by atoms with van der Waals surface area (Å²) in [6, 6.07) is 15.9. The largest absolute Gasteiger partial charge is 0.478 e. The Kier molecular flexibility index (Phi) is 5.61. The van der Waals surface area contributed by atoms with Gasteiger partial charge in [0.15, 0.2) is 5.17 Å². The molecule has 160 valence electrons. The lowest BCUT2D eigenvalue weighted by atomic mass is 10.2. The smallest absolute Gasteiger partial charge is 0.335 e. The molecular formula is C22H16N4O5S. The standard InChI is InChI=1S/C22H16N4O5S/c1-24-20(27)19(32-22(24)23-15-9-7-14(8-10-15)21(28)29)13-17-6-3-11-25(17)16-4-2-5-18(12-16)26(30)31/h2-13H,1H3,(H,28,29)/b19-13-,23-22?. The van der Waals surface area contributed by atoms with Gasteiger partial charge >= 0.3 is 5.97 Å². The maximum atomic E-state index is 12.7. The molecule has 1 amide bonds. The summed E-state index contributed by atoms with van der Waals surface area (Å²) in [4.78, 5) is 40.7. The SMILES string of the molecule is CN1C(=O)/C(=C/c2cccn2-c2cccc([N+](=O)[O-])c2)SC1=Nc1ccc(C(=O)O)cc1. The molecule has 3 aromatic rings. The zero-order valence-corrected chi connectivity index (χ0v) is 17.5. The normalized spacial score (nSPS) is 16.2. The van der Waals surface area contributed by atoms with Crippen LogP contribution < -0.4 is 0 Å². The van der Waals surface area contributed by atoms with Crippen molar-refractivity contribution in [2.75, 3.05) is 7.05 Å². The fourth-order valence-corrected chi connectivity index (χ4v) is 4.05. The molecule has 1 aliphatic heterocycles. The number of carboxylic acids is 1. The lowest BCUT2D eigenvalue weighted by molar-refractivity contribution is -0.384. The quantitative estimate of drug-likeness (QED) is 0.353. The van der Waals surface area contributed by atoms with E-state index < -0.39 is 10.9 Å². The third-order valence-electron chi connectivity index (χ3n) is 4.72. The highest BCUT2D eigenvalue weighted by Gasteiger charge is 2.30. The molecule has 10 heteroatoms. The Morgan fingerprint density at radius 2 is 1.91 bits per heavy atom. The minimum atomic E-state index is -1.02. The molecule has 0 atom stereocenters. The number of amides is 1. The first-order chi connectivity index (χ1) is 15.3. The molecule has 1 fully saturated rings. The van der Waals surface area contributed by atoms with Crippen LogP contribution in [-0.4, -0.2) is 43.6 Å². The number of hydrogen-bond acceptors (Lipinski definition) is 6. The van der Waals surface area contributed by atoms with Crippen molar-refractivity contribution in [1.82, 2.24) is 9.47 Å². The van der Waals surface area contributed by atoms with Gasteiger partial charge in [-0.05, 0) is 60.3 Å². The number of thioether (sulfide) groups is 1. The number of carboxylic acid groups (broad SMARTS) is 1. The molecule has 0 radical (unpaired) electrons. The van der Waals surface area contributed by atoms with Gasteiger partial charge < -0.3 is 9.67 Å². The Morgan fingerprint density at radius 3 is 2.59 bits per heavy atom. The third-order valence-corrected chi connectivity index (χ3v) is 5.78. The number of nitro groups is 1. The Bertz CT molecular complexity index is 1290. The molecular weight excluding hydrogens is 432 g/mol. The van der Waals surface area contributed by atoms with Crippen LogP contribution in [0.4, 0.5) is 11.4 Å². The van der Waals surface area contributed by atoms with E-state index in [2.05, 4.69) is 4.99 Å². The predicted octanol–water partition coefficient (Wildman–Crippen LogP) is 4.32. The van der Waals surface area contributed by atoms with E-state index in [0.717, 1.165) is 0 Å². The van der Waals surface area contributed by atoms with Crippen molar-refractivity contribution in [3.63, 3.8) is 0 Å². The van der Waals surface area contributed by atoms with Crippen LogP contribution in [-0.2, 0) is 4.79 Å². The van der Waals surface area contributed by atoms with Crippen molar-refractivity contribution >= 4 is 46.3 Å². The molecule has 4 rings (SSSR count). The van der Waals surface area contributed by atoms with Gasteiger partial charge in [-0.2, -0.15) is 0 Å². The lowest BCUT2D eigenvalue weighted by Gasteiger charge is -2.07. The highest BCUT2D eigenvalue weighted by molar-refractivity contribution is 8.18. The summed E-state index contributed by atoms with van der Waals surface area (Å²) in [6.07, 6.45) is 3.47. The summed E-state index contributed by atoms with van der Waals surface area (Å²) in [5.41, 5.74) is 1.94. The number of non-ortho nitro benzene ring substituents is 1. The molecule has 1 aliphatic rings. The van der Waals surface area contributed by atoms with Gasteiger partial charge in [0.05, 0.1) is 26.8 Å². The van der Waals surface area contributed by atoms with Gasteiger partial charge in [-0.25, -0.2) is 9.79 Å². The van der Waals surface area contributed by atoms with Crippen molar-refractivity contribution in [2.24, 2.45) is 4.99 Å². The van der Waals surface area contributed by atoms with E-state index in [-0.39, 0.29) is 17.2 Å². The third kappa shape index (κ3) is 4.16. The van der Waals surface area contributed by atoms with Crippen LogP contribution in [0.2, 0.25) is 0 Å². The van der Waals surface area contributed by atoms with Crippen LogP contribution in [0.25, 0.3) is 11.8 Å². The van der Waals surface area contributed by atoms with Crippen LogP contribution >= 0.6 is 11.8 Å². The molecule has 1 aromatic heterocycles. The topological polar surface area (TPSA) is 118 Å². The first-order valence-electron chi connectivity index (χ1n) is 9.35. The second-order valence-electron chi connectivity index (χ2n) is 6.80. The van der Waals surface area contributed by atoms with Gasteiger partial charge in [0.2, 0.25) is 0 Å². The minimum absolute atomic E-state index is 0.0239. The molecule has 1 N–H and O–H groups in total. The Morgan fingerprint density at radius 1 is 1.16 bits per heavy atom.